The number of pyridine rings is 2. The van der Waals surface area contributed by atoms with E-state index in [1.165, 1.54) is 6.26 Å². The first kappa shape index (κ1) is 22.0. The summed E-state index contributed by atoms with van der Waals surface area (Å²) in [6, 6.07) is 3.61. The van der Waals surface area contributed by atoms with Gasteiger partial charge in [-0.1, -0.05) is 0 Å². The predicted molar refractivity (Wildman–Crippen MR) is 133 cm³/mol. The van der Waals surface area contributed by atoms with Crippen molar-refractivity contribution in [3.8, 4) is 5.88 Å². The molecule has 0 bridgehead atoms. The number of aromatic nitrogens is 4. The summed E-state index contributed by atoms with van der Waals surface area (Å²) >= 11 is 0. The molecule has 5 heterocycles. The summed E-state index contributed by atoms with van der Waals surface area (Å²) in [5.74, 6) is 1.15. The summed E-state index contributed by atoms with van der Waals surface area (Å²) in [6.45, 7) is 5.00. The molecule has 3 aliphatic rings. The molecule has 35 heavy (non-hydrogen) atoms. The Balaban J connectivity index is 1.20. The van der Waals surface area contributed by atoms with Gasteiger partial charge < -0.3 is 20.3 Å². The second kappa shape index (κ2) is 8.04. The van der Waals surface area contributed by atoms with Crippen LogP contribution < -0.4 is 20.3 Å². The van der Waals surface area contributed by atoms with E-state index in [0.717, 1.165) is 47.7 Å². The summed E-state index contributed by atoms with van der Waals surface area (Å²) in [5, 5.41) is 6.61. The van der Waals surface area contributed by atoms with Crippen molar-refractivity contribution in [3.05, 3.63) is 53.2 Å². The van der Waals surface area contributed by atoms with Crippen molar-refractivity contribution in [2.45, 2.75) is 37.5 Å². The highest BCUT2D eigenvalue weighted by molar-refractivity contribution is 7.91. The van der Waals surface area contributed by atoms with Crippen LogP contribution in [-0.4, -0.2) is 54.3 Å². The van der Waals surface area contributed by atoms with Gasteiger partial charge in [-0.3, -0.25) is 4.98 Å². The monoisotopic (exact) mass is 493 g/mol. The van der Waals surface area contributed by atoms with Gasteiger partial charge in [-0.15, -0.1) is 0 Å². The molecule has 1 fully saturated rings. The third kappa shape index (κ3) is 3.83. The number of fused-ring (bicyclic) bond motifs is 2. The maximum Gasteiger partial charge on any atom is 0.237 e. The van der Waals surface area contributed by atoms with Crippen LogP contribution in [0.1, 0.15) is 35.4 Å². The fourth-order valence-corrected chi connectivity index (χ4v) is 6.24. The van der Waals surface area contributed by atoms with Crippen LogP contribution in [0.15, 0.2) is 30.7 Å². The topological polar surface area (TPSA) is 122 Å². The first-order valence-electron chi connectivity index (χ1n) is 11.7. The Bertz CT molecular complexity index is 1410. The van der Waals surface area contributed by atoms with Gasteiger partial charge in [-0.2, -0.15) is 0 Å². The zero-order valence-corrected chi connectivity index (χ0v) is 20.5. The van der Waals surface area contributed by atoms with E-state index in [4.69, 9.17) is 9.72 Å². The van der Waals surface area contributed by atoms with E-state index in [1.807, 2.05) is 18.5 Å². The zero-order valence-electron chi connectivity index (χ0n) is 19.7. The lowest BCUT2D eigenvalue weighted by atomic mass is 10.0. The number of hydrogen-bond donors (Lipinski definition) is 2. The number of nitrogens with zero attached hydrogens (tertiary/aromatic N) is 5. The molecule has 0 atom stereocenters. The molecule has 0 saturated heterocycles. The van der Waals surface area contributed by atoms with Crippen molar-refractivity contribution in [2.24, 2.45) is 0 Å². The minimum absolute atomic E-state index is 0.486. The molecule has 0 spiro atoms. The van der Waals surface area contributed by atoms with Crippen molar-refractivity contribution >= 4 is 32.8 Å². The van der Waals surface area contributed by atoms with Crippen LogP contribution in [0.5, 0.6) is 5.88 Å². The van der Waals surface area contributed by atoms with E-state index >= 15 is 0 Å². The van der Waals surface area contributed by atoms with Crippen LogP contribution in [0, 0.1) is 6.92 Å². The molecule has 182 valence electrons. The number of rotatable bonds is 5. The van der Waals surface area contributed by atoms with Gasteiger partial charge in [0.05, 0.1) is 41.7 Å². The van der Waals surface area contributed by atoms with Gasteiger partial charge in [0, 0.05) is 31.1 Å². The second-order valence-electron chi connectivity index (χ2n) is 9.38. The number of hydrogen-bond acceptors (Lipinski definition) is 10. The first-order valence-corrected chi connectivity index (χ1v) is 13.6. The van der Waals surface area contributed by atoms with Crippen molar-refractivity contribution in [1.29, 1.82) is 0 Å². The number of ether oxygens (including phenoxy) is 1. The van der Waals surface area contributed by atoms with Crippen molar-refractivity contribution in [2.75, 3.05) is 41.5 Å². The van der Waals surface area contributed by atoms with Gasteiger partial charge in [0.15, 0.2) is 9.84 Å². The molecule has 11 heteroatoms. The molecule has 1 saturated carbocycles. The average molecular weight is 494 g/mol. The van der Waals surface area contributed by atoms with E-state index in [0.29, 0.717) is 49.2 Å². The molecule has 10 nitrogen and oxygen atoms in total. The molecule has 1 aliphatic carbocycles. The highest BCUT2D eigenvalue weighted by Gasteiger charge is 2.54. The van der Waals surface area contributed by atoms with Crippen molar-refractivity contribution < 1.29 is 13.2 Å². The Morgan fingerprint density at radius 3 is 2.74 bits per heavy atom. The molecule has 6 rings (SSSR count). The maximum absolute atomic E-state index is 12.2. The Morgan fingerprint density at radius 2 is 2.00 bits per heavy atom. The Morgan fingerprint density at radius 1 is 1.14 bits per heavy atom. The molecular weight excluding hydrogens is 466 g/mol. The maximum atomic E-state index is 12.2. The highest BCUT2D eigenvalue weighted by atomic mass is 32.2. The van der Waals surface area contributed by atoms with Crippen molar-refractivity contribution in [3.63, 3.8) is 0 Å². The summed E-state index contributed by atoms with van der Waals surface area (Å²) in [4.78, 5) is 20.5. The minimum Gasteiger partial charge on any atom is -0.474 e. The molecule has 0 radical (unpaired) electrons. The van der Waals surface area contributed by atoms with E-state index in [1.54, 1.807) is 12.3 Å². The molecule has 0 unspecified atom stereocenters. The standard InChI is InChI=1S/C24H27N7O3S/c1-15-19(13-27-22-21(15)25-8-10-34-22)31-9-5-16-11-28-23(30-18(16)14-31)29-17-3-4-20(26-12-17)24(6-7-24)35(2,32)33/h3-4,11-13,25H,5-10,14H2,1-2H3,(H,28,29,30). The lowest BCUT2D eigenvalue weighted by Gasteiger charge is -2.32. The third-order valence-corrected chi connectivity index (χ3v) is 9.14. The van der Waals surface area contributed by atoms with Gasteiger partial charge in [0.2, 0.25) is 11.8 Å². The third-order valence-electron chi connectivity index (χ3n) is 7.11. The first-order chi connectivity index (χ1) is 16.8. The molecule has 0 aromatic carbocycles. The molecule has 0 amide bonds. The predicted octanol–water partition coefficient (Wildman–Crippen LogP) is 2.72. The zero-order chi connectivity index (χ0) is 24.2. The Kier molecular flexibility index (Phi) is 5.06. The SMILES string of the molecule is Cc1c(N2CCc3cnc(Nc4ccc(C5(S(C)(=O)=O)CC5)nc4)nc3C2)cnc2c1NCCO2. The minimum atomic E-state index is -3.19. The van der Waals surface area contributed by atoms with Crippen LogP contribution in [0.4, 0.5) is 23.0 Å². The van der Waals surface area contributed by atoms with E-state index in [2.05, 4.69) is 37.4 Å². The smallest absolute Gasteiger partial charge is 0.237 e. The largest absolute Gasteiger partial charge is 0.474 e. The lowest BCUT2D eigenvalue weighted by Crippen LogP contribution is -2.32. The number of sulfone groups is 1. The molecule has 3 aromatic rings. The molecule has 2 N–H and O–H groups in total. The second-order valence-corrected chi connectivity index (χ2v) is 11.7. The summed E-state index contributed by atoms with van der Waals surface area (Å²) in [6.07, 6.45) is 8.77. The normalized spacial score (nSPS) is 18.1. The number of nitrogens with one attached hydrogen (secondary N) is 2. The van der Waals surface area contributed by atoms with Crippen molar-refractivity contribution in [1.82, 2.24) is 19.9 Å². The van der Waals surface area contributed by atoms with Crippen LogP contribution in [-0.2, 0) is 27.5 Å². The van der Waals surface area contributed by atoms with Crippen LogP contribution in [0.3, 0.4) is 0 Å². The fraction of sp³-hybridized carbons (Fsp3) is 0.417. The van der Waals surface area contributed by atoms with Gasteiger partial charge >= 0.3 is 0 Å². The summed E-state index contributed by atoms with van der Waals surface area (Å²) in [5.41, 5.74) is 6.57. The highest BCUT2D eigenvalue weighted by Crippen LogP contribution is 2.51. The Hall–Kier alpha value is -3.47. The number of anilines is 4. The summed E-state index contributed by atoms with van der Waals surface area (Å²) in [7, 11) is -3.19. The Labute approximate surface area is 204 Å². The fourth-order valence-electron chi connectivity index (χ4n) is 4.90. The van der Waals surface area contributed by atoms with Crippen LogP contribution in [0.2, 0.25) is 0 Å². The molecule has 3 aromatic heterocycles. The average Bonchev–Trinajstić information content (AvgIpc) is 3.67. The van der Waals surface area contributed by atoms with E-state index in [9.17, 15) is 8.42 Å². The van der Waals surface area contributed by atoms with Gasteiger partial charge in [0.25, 0.3) is 0 Å². The van der Waals surface area contributed by atoms with Gasteiger partial charge in [-0.25, -0.2) is 23.4 Å². The van der Waals surface area contributed by atoms with Gasteiger partial charge in [-0.05, 0) is 43.9 Å². The van der Waals surface area contributed by atoms with Crippen LogP contribution in [0.25, 0.3) is 0 Å². The quantitative estimate of drug-likeness (QED) is 0.548. The molecule has 2 aliphatic heterocycles. The summed E-state index contributed by atoms with van der Waals surface area (Å²) < 4.78 is 29.2. The van der Waals surface area contributed by atoms with E-state index in [-0.39, 0.29) is 0 Å². The lowest BCUT2D eigenvalue weighted by molar-refractivity contribution is 0.310. The van der Waals surface area contributed by atoms with Gasteiger partial charge in [0.1, 0.15) is 17.0 Å². The molecular formula is C24H27N7O3S. The van der Waals surface area contributed by atoms with E-state index < -0.39 is 14.6 Å². The van der Waals surface area contributed by atoms with Crippen LogP contribution >= 0.6 is 0 Å².